The van der Waals surface area contributed by atoms with Crippen LogP contribution in [0.2, 0.25) is 0 Å². The van der Waals surface area contributed by atoms with Gasteiger partial charge in [0, 0.05) is 83.5 Å². The number of anilines is 1. The molecule has 0 saturated heterocycles. The van der Waals surface area contributed by atoms with Gasteiger partial charge in [-0.05, 0) is 116 Å². The number of nitrogens with zero attached hydrogens (tertiary/aromatic N) is 3. The second-order valence-corrected chi connectivity index (χ2v) is 25.3. The highest BCUT2D eigenvalue weighted by Gasteiger charge is 2.45. The van der Waals surface area contributed by atoms with E-state index in [2.05, 4.69) is 16.3 Å². The van der Waals surface area contributed by atoms with E-state index in [1.165, 1.54) is 36.4 Å². The zero-order valence-corrected chi connectivity index (χ0v) is 44.3. The molecule has 3 aliphatic heterocycles. The summed E-state index contributed by atoms with van der Waals surface area (Å²) in [5, 5.41) is 3.29. The average molecular weight is 1090 g/mol. The van der Waals surface area contributed by atoms with E-state index in [9.17, 15) is 66.3 Å². The number of carbonyl (C=O) groups is 3. The molecule has 0 spiro atoms. The topological polar surface area (TPSA) is 290 Å². The van der Waals surface area contributed by atoms with Crippen molar-refractivity contribution < 1.29 is 70.8 Å². The molecule has 0 atom stereocenters. The van der Waals surface area contributed by atoms with Crippen molar-refractivity contribution in [3.05, 3.63) is 119 Å². The minimum atomic E-state index is -4.98. The monoisotopic (exact) mass is 1090 g/mol. The average Bonchev–Trinajstić information content (AvgIpc) is 3.82. The van der Waals surface area contributed by atoms with Crippen molar-refractivity contribution in [1.82, 2.24) is 10.2 Å². The van der Waals surface area contributed by atoms with E-state index in [-0.39, 0.29) is 47.0 Å². The molecule has 3 amide bonds. The van der Waals surface area contributed by atoms with Gasteiger partial charge < -0.3 is 10.2 Å². The maximum Gasteiger partial charge on any atom is 0.295 e. The Labute approximate surface area is 429 Å². The molecule has 4 aromatic rings. The number of amides is 3. The fraction of sp³-hybridized carbons (Fsp3) is 0.333. The van der Waals surface area contributed by atoms with Crippen LogP contribution in [0, 0.1) is 0 Å². The molecule has 0 aromatic heterocycles. The predicted octanol–water partition coefficient (Wildman–Crippen LogP) is 6.86. The Hall–Kier alpha value is -6.18. The number of fused-ring (bicyclic) bond motifs is 6. The minimum absolute atomic E-state index is 0.0488. The van der Waals surface area contributed by atoms with Crippen molar-refractivity contribution in [2.45, 2.75) is 103 Å². The molecule has 8 rings (SSSR count). The summed E-state index contributed by atoms with van der Waals surface area (Å²) in [6, 6.07) is 10.2. The summed E-state index contributed by atoms with van der Waals surface area (Å²) in [5.74, 6) is -1.12. The normalized spacial score (nSPS) is 19.0. The van der Waals surface area contributed by atoms with E-state index in [4.69, 9.17) is 0 Å². The molecule has 0 bridgehead atoms. The largest absolute Gasteiger partial charge is 0.354 e. The third kappa shape index (κ3) is 10.4. The number of unbranched alkanes of at least 4 members (excludes halogenated alkanes) is 2. The van der Waals surface area contributed by atoms with Gasteiger partial charge in [0.2, 0.25) is 11.6 Å². The summed E-state index contributed by atoms with van der Waals surface area (Å²) >= 11 is 0. The smallest absolute Gasteiger partial charge is 0.295 e. The van der Waals surface area contributed by atoms with Crippen molar-refractivity contribution >= 4 is 96.8 Å². The summed E-state index contributed by atoms with van der Waals surface area (Å²) in [6.45, 7) is 8.20. The van der Waals surface area contributed by atoms with E-state index in [0.717, 1.165) is 52.4 Å². The zero-order chi connectivity index (χ0) is 54.1. The predicted molar refractivity (Wildman–Crippen MR) is 276 cm³/mol. The summed E-state index contributed by atoms with van der Waals surface area (Å²) in [7, 11) is -17.9. The van der Waals surface area contributed by atoms with Gasteiger partial charge in [0.05, 0.1) is 15.2 Å². The molecular weight excluding hydrogens is 1040 g/mol. The van der Waals surface area contributed by atoms with Crippen LogP contribution < -0.4 is 10.2 Å². The molecule has 392 valence electrons. The van der Waals surface area contributed by atoms with E-state index in [1.54, 1.807) is 12.1 Å². The first-order valence-electron chi connectivity index (χ1n) is 23.5. The van der Waals surface area contributed by atoms with E-state index >= 15 is 0 Å². The summed E-state index contributed by atoms with van der Waals surface area (Å²) < 4.78 is 142. The number of rotatable bonds is 16. The molecule has 0 unspecified atom stereocenters. The fourth-order valence-electron chi connectivity index (χ4n) is 10.7. The number of imide groups is 1. The third-order valence-corrected chi connectivity index (χ3v) is 17.6. The minimum Gasteiger partial charge on any atom is -0.354 e. The lowest BCUT2D eigenvalue weighted by Gasteiger charge is -2.27. The van der Waals surface area contributed by atoms with Gasteiger partial charge in [-0.25, -0.2) is 0 Å². The molecule has 0 radical (unpaired) electrons. The van der Waals surface area contributed by atoms with E-state index in [0.29, 0.717) is 54.7 Å². The highest BCUT2D eigenvalue weighted by molar-refractivity contribution is 7.87. The van der Waals surface area contributed by atoms with Crippen LogP contribution in [0.4, 0.5) is 11.4 Å². The van der Waals surface area contributed by atoms with Gasteiger partial charge >= 0.3 is 0 Å². The molecule has 0 fully saturated rings. The van der Waals surface area contributed by atoms with Crippen molar-refractivity contribution in [3.8, 4) is 0 Å². The maximum absolute atomic E-state index is 12.7. The van der Waals surface area contributed by atoms with Crippen LogP contribution in [0.25, 0.3) is 21.5 Å². The van der Waals surface area contributed by atoms with Crippen LogP contribution in [0.5, 0.6) is 0 Å². The van der Waals surface area contributed by atoms with E-state index in [1.807, 2.05) is 63.6 Å². The SMILES string of the molecule is C[N+]1=C(/C=C/C2=CC(=C/C=C3\N(CCCCCC(=O)NCCN4C(=O)C=CC4=O)c4ccc5c(S(=O)(=O)O)cc(S(=O)(=O)O)cc5c4C3(C)C)/CCC2)C(C)(C)c2c1ccc1c(S(=O)(=O)O)cc(S(=O)(=O)O)cc21. The van der Waals surface area contributed by atoms with Crippen LogP contribution in [0.1, 0.15) is 83.8 Å². The molecule has 4 aliphatic rings. The van der Waals surface area contributed by atoms with Gasteiger partial charge in [-0.15, -0.1) is 0 Å². The van der Waals surface area contributed by atoms with Gasteiger partial charge in [0.25, 0.3) is 52.3 Å². The Morgan fingerprint density at radius 1 is 0.662 bits per heavy atom. The Morgan fingerprint density at radius 3 is 1.82 bits per heavy atom. The van der Waals surface area contributed by atoms with Gasteiger partial charge in [-0.2, -0.15) is 38.2 Å². The number of hydrogen-bond acceptors (Lipinski definition) is 12. The quantitative estimate of drug-likeness (QED) is 0.0331. The molecule has 23 heteroatoms. The Balaban J connectivity index is 1.10. The Bertz CT molecular complexity index is 3770. The third-order valence-electron chi connectivity index (χ3n) is 14.1. The first-order valence-corrected chi connectivity index (χ1v) is 29.3. The van der Waals surface area contributed by atoms with Gasteiger partial charge in [-0.1, -0.05) is 44.6 Å². The van der Waals surface area contributed by atoms with Crippen LogP contribution >= 0.6 is 0 Å². The summed E-state index contributed by atoms with van der Waals surface area (Å²) in [4.78, 5) is 36.7. The first-order chi connectivity index (χ1) is 34.4. The van der Waals surface area contributed by atoms with Gasteiger partial charge in [-0.3, -0.25) is 37.5 Å². The zero-order valence-electron chi connectivity index (χ0n) is 41.0. The van der Waals surface area contributed by atoms with Crippen molar-refractivity contribution in [3.63, 3.8) is 0 Å². The highest BCUT2D eigenvalue weighted by Crippen LogP contribution is 2.52. The molecule has 1 aliphatic carbocycles. The lowest BCUT2D eigenvalue weighted by molar-refractivity contribution is -0.401. The van der Waals surface area contributed by atoms with Crippen LogP contribution in [0.15, 0.2) is 127 Å². The lowest BCUT2D eigenvalue weighted by Crippen LogP contribution is -2.38. The lowest BCUT2D eigenvalue weighted by atomic mass is 9.78. The number of carbonyl (C=O) groups excluding carboxylic acids is 3. The van der Waals surface area contributed by atoms with Crippen molar-refractivity contribution in [1.29, 1.82) is 0 Å². The van der Waals surface area contributed by atoms with Crippen LogP contribution in [-0.4, -0.2) is 111 Å². The number of benzene rings is 4. The molecular formula is C51H55N4O15S4+. The first kappa shape index (κ1) is 54.1. The molecule has 5 N–H and O–H groups in total. The van der Waals surface area contributed by atoms with Gasteiger partial charge in [0.15, 0.2) is 5.71 Å². The molecule has 0 saturated carbocycles. The van der Waals surface area contributed by atoms with Crippen LogP contribution in [0.3, 0.4) is 0 Å². The molecule has 19 nitrogen and oxygen atoms in total. The van der Waals surface area contributed by atoms with Crippen molar-refractivity contribution in [2.75, 3.05) is 31.6 Å². The molecule has 4 aromatic carbocycles. The van der Waals surface area contributed by atoms with Crippen LogP contribution in [-0.2, 0) is 65.7 Å². The fourth-order valence-corrected chi connectivity index (χ4v) is 13.4. The standard InChI is InChI=1S/C51H54N4O15S4/c1-50(2)43(53(5)39-17-15-35-37(48(39)50)27-33(71(59,60)61)29-41(35)73(65,66)67)19-13-31-10-9-11-32(26-31)14-20-44-51(3,4)49-38-28-34(72(62,63)64)30-42(74(68,69)70)36(38)16-18-40(49)54(44)24-8-6-7-12-45(56)52-23-25-55-46(57)21-22-47(55)58/h13-22,26-30H,6-12,23-25H2,1-5H3,(H4-,52,56,59,60,61,62,63,64,65,66,67,68,69,70)/p+1. The van der Waals surface area contributed by atoms with Crippen molar-refractivity contribution in [2.24, 2.45) is 0 Å². The second kappa shape index (κ2) is 19.5. The Morgan fingerprint density at radius 2 is 1.24 bits per heavy atom. The summed E-state index contributed by atoms with van der Waals surface area (Å²) in [5.41, 5.74) is 4.20. The second-order valence-electron chi connectivity index (χ2n) is 19.7. The molecule has 74 heavy (non-hydrogen) atoms. The maximum atomic E-state index is 12.7. The Kier molecular flexibility index (Phi) is 14.3. The van der Waals surface area contributed by atoms with Gasteiger partial charge in [0.1, 0.15) is 16.8 Å². The van der Waals surface area contributed by atoms with E-state index < -0.39 is 82.7 Å². The molecule has 3 heterocycles. The highest BCUT2D eigenvalue weighted by atomic mass is 32.2. The summed E-state index contributed by atoms with van der Waals surface area (Å²) in [6.07, 6.45) is 16.4. The number of allylic oxidation sites excluding steroid dienone is 8. The number of nitrogens with one attached hydrogen (secondary N) is 1. The number of hydrogen-bond donors (Lipinski definition) is 5.